The summed E-state index contributed by atoms with van der Waals surface area (Å²) in [5, 5.41) is -0.287. The normalized spacial score (nSPS) is 11.8. The molecule has 0 aliphatic rings. The second-order valence-corrected chi connectivity index (χ2v) is 3.84. The summed E-state index contributed by atoms with van der Waals surface area (Å²) in [7, 11) is 0. The Bertz CT molecular complexity index is 333. The molecule has 0 amide bonds. The SMILES string of the molecule is Cc1cc(C(F)(F)F)c(Cl)cc1Br. The van der Waals surface area contributed by atoms with Crippen LogP contribution >= 0.6 is 27.5 Å². The average molecular weight is 273 g/mol. The smallest absolute Gasteiger partial charge is 0.166 e. The van der Waals surface area contributed by atoms with Crippen molar-refractivity contribution >= 4 is 27.5 Å². The highest BCUT2D eigenvalue weighted by Gasteiger charge is 2.33. The molecule has 1 rings (SSSR count). The fraction of sp³-hybridized carbons (Fsp3) is 0.250. The molecule has 0 nitrogen and oxygen atoms in total. The van der Waals surface area contributed by atoms with Gasteiger partial charge in [-0.3, -0.25) is 0 Å². The first-order chi connectivity index (χ1) is 5.82. The molecule has 5 heteroatoms. The van der Waals surface area contributed by atoms with Gasteiger partial charge in [0.25, 0.3) is 0 Å². The molecular formula is C8H5BrClF3. The van der Waals surface area contributed by atoms with Crippen LogP contribution in [0.2, 0.25) is 5.02 Å². The van der Waals surface area contributed by atoms with Gasteiger partial charge in [-0.05, 0) is 24.6 Å². The Labute approximate surface area is 86.8 Å². The van der Waals surface area contributed by atoms with Gasteiger partial charge >= 0.3 is 6.18 Å². The summed E-state index contributed by atoms with van der Waals surface area (Å²) in [6.45, 7) is 1.58. The maximum Gasteiger partial charge on any atom is 0.417 e. The van der Waals surface area contributed by atoms with Crippen LogP contribution in [0.3, 0.4) is 0 Å². The summed E-state index contributed by atoms with van der Waals surface area (Å²) in [6.07, 6.45) is -4.39. The van der Waals surface area contributed by atoms with Crippen LogP contribution < -0.4 is 0 Å². The van der Waals surface area contributed by atoms with E-state index >= 15 is 0 Å². The third kappa shape index (κ3) is 2.38. The molecule has 0 aliphatic heterocycles. The van der Waals surface area contributed by atoms with E-state index in [9.17, 15) is 13.2 Å². The zero-order valence-electron chi connectivity index (χ0n) is 6.54. The first kappa shape index (κ1) is 10.9. The van der Waals surface area contributed by atoms with Gasteiger partial charge in [-0.15, -0.1) is 0 Å². The lowest BCUT2D eigenvalue weighted by atomic mass is 10.1. The number of rotatable bonds is 0. The molecule has 0 saturated heterocycles. The van der Waals surface area contributed by atoms with Gasteiger partial charge in [0.2, 0.25) is 0 Å². The molecule has 1 aromatic rings. The molecule has 0 saturated carbocycles. The van der Waals surface area contributed by atoms with E-state index in [0.717, 1.165) is 6.07 Å². The van der Waals surface area contributed by atoms with Gasteiger partial charge in [0.1, 0.15) is 0 Å². The summed E-state index contributed by atoms with van der Waals surface area (Å²) in [6, 6.07) is 2.27. The molecule has 0 aromatic heterocycles. The van der Waals surface area contributed by atoms with Gasteiger partial charge in [-0.1, -0.05) is 27.5 Å². The fourth-order valence-corrected chi connectivity index (χ4v) is 1.62. The van der Waals surface area contributed by atoms with Gasteiger partial charge in [0.05, 0.1) is 10.6 Å². The van der Waals surface area contributed by atoms with Crippen LogP contribution in [0.4, 0.5) is 13.2 Å². The van der Waals surface area contributed by atoms with Gasteiger partial charge in [0.15, 0.2) is 0 Å². The number of benzene rings is 1. The lowest BCUT2D eigenvalue weighted by Crippen LogP contribution is -2.06. The molecule has 0 spiro atoms. The molecule has 0 heterocycles. The Kier molecular flexibility index (Phi) is 2.92. The van der Waals surface area contributed by atoms with Crippen LogP contribution in [0.5, 0.6) is 0 Å². The van der Waals surface area contributed by atoms with Crippen LogP contribution in [0.1, 0.15) is 11.1 Å². The zero-order valence-corrected chi connectivity index (χ0v) is 8.89. The van der Waals surface area contributed by atoms with Crippen molar-refractivity contribution in [1.29, 1.82) is 0 Å². The third-order valence-corrected chi connectivity index (χ3v) is 2.72. The summed E-state index contributed by atoms with van der Waals surface area (Å²) in [5.74, 6) is 0. The number of halogens is 5. The van der Waals surface area contributed by atoms with Gasteiger partial charge in [0, 0.05) is 4.47 Å². The Morgan fingerprint density at radius 1 is 1.31 bits per heavy atom. The van der Waals surface area contributed by atoms with E-state index in [2.05, 4.69) is 15.9 Å². The molecule has 0 bridgehead atoms. The topological polar surface area (TPSA) is 0 Å². The van der Waals surface area contributed by atoms with E-state index in [1.807, 2.05) is 0 Å². The second-order valence-electron chi connectivity index (χ2n) is 2.58. The van der Waals surface area contributed by atoms with Crippen LogP contribution in [0.15, 0.2) is 16.6 Å². The Balaban J connectivity index is 3.32. The second kappa shape index (κ2) is 3.50. The Morgan fingerprint density at radius 3 is 2.31 bits per heavy atom. The fourth-order valence-electron chi connectivity index (χ4n) is 0.874. The van der Waals surface area contributed by atoms with Crippen molar-refractivity contribution in [3.05, 3.63) is 32.8 Å². The van der Waals surface area contributed by atoms with E-state index < -0.39 is 11.7 Å². The largest absolute Gasteiger partial charge is 0.417 e. The molecule has 13 heavy (non-hydrogen) atoms. The predicted octanol–water partition coefficient (Wildman–Crippen LogP) is 4.43. The van der Waals surface area contributed by atoms with E-state index in [4.69, 9.17) is 11.6 Å². The minimum absolute atomic E-state index is 0.287. The maximum absolute atomic E-state index is 12.3. The number of hydrogen-bond acceptors (Lipinski definition) is 0. The van der Waals surface area contributed by atoms with Gasteiger partial charge in [-0.2, -0.15) is 13.2 Å². The molecule has 1 aromatic carbocycles. The molecule has 0 unspecified atom stereocenters. The van der Waals surface area contributed by atoms with Crippen molar-refractivity contribution in [1.82, 2.24) is 0 Å². The first-order valence-electron chi connectivity index (χ1n) is 3.35. The standard InChI is InChI=1S/C8H5BrClF3/c1-4-2-5(8(11,12)13)7(10)3-6(4)9/h2-3H,1H3. The van der Waals surface area contributed by atoms with Crippen molar-refractivity contribution in [3.63, 3.8) is 0 Å². The van der Waals surface area contributed by atoms with Gasteiger partial charge in [-0.25, -0.2) is 0 Å². The van der Waals surface area contributed by atoms with Crippen molar-refractivity contribution in [2.24, 2.45) is 0 Å². The summed E-state index contributed by atoms with van der Waals surface area (Å²) in [4.78, 5) is 0. The Hall–Kier alpha value is -0.220. The van der Waals surface area contributed by atoms with Crippen LogP contribution in [-0.4, -0.2) is 0 Å². The van der Waals surface area contributed by atoms with Crippen molar-refractivity contribution < 1.29 is 13.2 Å². The van der Waals surface area contributed by atoms with Gasteiger partial charge < -0.3 is 0 Å². The Morgan fingerprint density at radius 2 is 1.85 bits per heavy atom. The highest BCUT2D eigenvalue weighted by atomic mass is 79.9. The van der Waals surface area contributed by atoms with Crippen molar-refractivity contribution in [3.8, 4) is 0 Å². The number of hydrogen-bond donors (Lipinski definition) is 0. The number of alkyl halides is 3. The minimum Gasteiger partial charge on any atom is -0.166 e. The van der Waals surface area contributed by atoms with E-state index in [1.54, 1.807) is 6.92 Å². The summed E-state index contributed by atoms with van der Waals surface area (Å²) < 4.78 is 37.4. The molecule has 0 fully saturated rings. The average Bonchev–Trinajstić information content (AvgIpc) is 1.94. The summed E-state index contributed by atoms with van der Waals surface area (Å²) >= 11 is 8.53. The monoisotopic (exact) mass is 272 g/mol. The quantitative estimate of drug-likeness (QED) is 0.656. The molecular weight excluding hydrogens is 268 g/mol. The van der Waals surface area contributed by atoms with Crippen LogP contribution in [0.25, 0.3) is 0 Å². The van der Waals surface area contributed by atoms with E-state index in [0.29, 0.717) is 10.0 Å². The van der Waals surface area contributed by atoms with Crippen molar-refractivity contribution in [2.45, 2.75) is 13.1 Å². The van der Waals surface area contributed by atoms with E-state index in [-0.39, 0.29) is 5.02 Å². The lowest BCUT2D eigenvalue weighted by molar-refractivity contribution is -0.137. The lowest BCUT2D eigenvalue weighted by Gasteiger charge is -2.10. The third-order valence-electron chi connectivity index (χ3n) is 1.55. The zero-order chi connectivity index (χ0) is 10.2. The van der Waals surface area contributed by atoms with E-state index in [1.165, 1.54) is 6.07 Å². The molecule has 0 aliphatic carbocycles. The minimum atomic E-state index is -4.39. The first-order valence-corrected chi connectivity index (χ1v) is 4.52. The van der Waals surface area contributed by atoms with Crippen LogP contribution in [0, 0.1) is 6.92 Å². The molecule has 0 N–H and O–H groups in total. The van der Waals surface area contributed by atoms with Crippen LogP contribution in [-0.2, 0) is 6.18 Å². The molecule has 0 atom stereocenters. The molecule has 0 radical (unpaired) electrons. The summed E-state index contributed by atoms with van der Waals surface area (Å²) in [5.41, 5.74) is -0.286. The highest BCUT2D eigenvalue weighted by Crippen LogP contribution is 2.37. The highest BCUT2D eigenvalue weighted by molar-refractivity contribution is 9.10. The number of aryl methyl sites for hydroxylation is 1. The predicted molar refractivity (Wildman–Crippen MR) is 48.9 cm³/mol. The van der Waals surface area contributed by atoms with Crippen molar-refractivity contribution in [2.75, 3.05) is 0 Å². The maximum atomic E-state index is 12.3. The molecule has 72 valence electrons.